The van der Waals surface area contributed by atoms with Crippen LogP contribution in [0.15, 0.2) is 125 Å². The van der Waals surface area contributed by atoms with Gasteiger partial charge >= 0.3 is 0 Å². The number of imidazole rings is 1. The van der Waals surface area contributed by atoms with Crippen LogP contribution in [-0.2, 0) is 23.1 Å². The van der Waals surface area contributed by atoms with E-state index in [0.29, 0.717) is 0 Å². The molecule has 192 valence electrons. The number of rotatable bonds is 9. The molecule has 0 saturated heterocycles. The van der Waals surface area contributed by atoms with Gasteiger partial charge in [0.05, 0.1) is 16.8 Å². The molecule has 0 unspecified atom stereocenters. The Balaban J connectivity index is 1.49. The van der Waals surface area contributed by atoms with Crippen LogP contribution >= 0.6 is 11.8 Å². The van der Waals surface area contributed by atoms with Gasteiger partial charge in [0.1, 0.15) is 0 Å². The second-order valence-electron chi connectivity index (χ2n) is 9.07. The molecule has 38 heavy (non-hydrogen) atoms. The number of hydrogen-bond donors (Lipinski definition) is 0. The first-order valence-corrected chi connectivity index (χ1v) is 15.0. The molecular formula is C31H29N3O2S2. The van der Waals surface area contributed by atoms with Gasteiger partial charge in [-0.15, -0.1) is 0 Å². The van der Waals surface area contributed by atoms with Gasteiger partial charge in [-0.25, -0.2) is 13.4 Å². The van der Waals surface area contributed by atoms with Crippen molar-refractivity contribution in [2.45, 2.75) is 30.1 Å². The molecule has 0 spiro atoms. The minimum Gasteiger partial charge on any atom is -0.287 e. The van der Waals surface area contributed by atoms with Crippen molar-refractivity contribution >= 4 is 21.8 Å². The fourth-order valence-corrected chi connectivity index (χ4v) is 6.33. The van der Waals surface area contributed by atoms with Crippen molar-refractivity contribution in [3.05, 3.63) is 132 Å². The minimum absolute atomic E-state index is 0.264. The molecule has 0 aliphatic heterocycles. The normalized spacial score (nSPS) is 11.7. The molecule has 0 radical (unpaired) electrons. The summed E-state index contributed by atoms with van der Waals surface area (Å²) in [6, 6.07) is 34.8. The Morgan fingerprint density at radius 2 is 1.32 bits per heavy atom. The van der Waals surface area contributed by atoms with Gasteiger partial charge in [-0.2, -0.15) is 4.31 Å². The van der Waals surface area contributed by atoms with E-state index in [4.69, 9.17) is 0 Å². The Kier molecular flexibility index (Phi) is 7.79. The highest BCUT2D eigenvalue weighted by Crippen LogP contribution is 2.30. The van der Waals surface area contributed by atoms with Crippen LogP contribution in [0.2, 0.25) is 0 Å². The van der Waals surface area contributed by atoms with Gasteiger partial charge < -0.3 is 0 Å². The van der Waals surface area contributed by atoms with Crippen molar-refractivity contribution in [1.29, 1.82) is 0 Å². The lowest BCUT2D eigenvalue weighted by molar-refractivity contribution is 0.401. The summed E-state index contributed by atoms with van der Waals surface area (Å²) in [5.74, 6) is 0. The van der Waals surface area contributed by atoms with Crippen LogP contribution in [0, 0.1) is 6.92 Å². The van der Waals surface area contributed by atoms with E-state index in [1.54, 1.807) is 23.9 Å². The molecule has 0 aliphatic rings. The van der Waals surface area contributed by atoms with Crippen LogP contribution in [0.25, 0.3) is 16.9 Å². The van der Waals surface area contributed by atoms with Crippen LogP contribution < -0.4 is 0 Å². The van der Waals surface area contributed by atoms with E-state index in [1.165, 1.54) is 9.87 Å². The second-order valence-corrected chi connectivity index (χ2v) is 11.8. The Morgan fingerprint density at radius 1 is 0.763 bits per heavy atom. The predicted octanol–water partition coefficient (Wildman–Crippen LogP) is 6.96. The molecule has 0 bridgehead atoms. The Hall–Kier alpha value is -3.65. The van der Waals surface area contributed by atoms with Crippen molar-refractivity contribution in [3.8, 4) is 16.9 Å². The smallest absolute Gasteiger partial charge is 0.243 e. The lowest BCUT2D eigenvalue weighted by atomic mass is 10.1. The van der Waals surface area contributed by atoms with Crippen LogP contribution in [0.3, 0.4) is 0 Å². The van der Waals surface area contributed by atoms with Crippen LogP contribution in [0.1, 0.15) is 16.7 Å². The molecule has 0 amide bonds. The number of benzene rings is 4. The zero-order chi connectivity index (χ0) is 26.5. The van der Waals surface area contributed by atoms with E-state index in [-0.39, 0.29) is 18.0 Å². The number of nitrogens with zero attached hydrogens (tertiary/aromatic N) is 3. The molecule has 0 fully saturated rings. The van der Waals surface area contributed by atoms with Crippen molar-refractivity contribution in [3.63, 3.8) is 0 Å². The molecule has 5 aromatic rings. The predicted molar refractivity (Wildman–Crippen MR) is 155 cm³/mol. The SMILES string of the molecule is CSc1ncc(-c2ccc(S(=O)(=O)N(Cc3ccccc3)Cc3ccccc3)cc2)n1-c1ccc(C)cc1. The third kappa shape index (κ3) is 5.60. The highest BCUT2D eigenvalue weighted by Gasteiger charge is 2.25. The maximum atomic E-state index is 13.9. The van der Waals surface area contributed by atoms with Gasteiger partial charge in [0.15, 0.2) is 5.16 Å². The number of aryl methyl sites for hydroxylation is 1. The van der Waals surface area contributed by atoms with E-state index in [1.807, 2.05) is 85.2 Å². The van der Waals surface area contributed by atoms with Crippen molar-refractivity contribution in [2.24, 2.45) is 0 Å². The number of sulfonamides is 1. The van der Waals surface area contributed by atoms with Gasteiger partial charge in [0, 0.05) is 24.3 Å². The van der Waals surface area contributed by atoms with Gasteiger partial charge in [-0.1, -0.05) is 102 Å². The third-order valence-corrected chi connectivity index (χ3v) is 8.85. The van der Waals surface area contributed by atoms with E-state index in [2.05, 4.69) is 40.7 Å². The number of aromatic nitrogens is 2. The summed E-state index contributed by atoms with van der Waals surface area (Å²) in [5.41, 5.74) is 5.89. The Bertz CT molecular complexity index is 1560. The molecule has 0 N–H and O–H groups in total. The monoisotopic (exact) mass is 539 g/mol. The number of hydrogen-bond acceptors (Lipinski definition) is 4. The van der Waals surface area contributed by atoms with Gasteiger partial charge in [0.25, 0.3) is 0 Å². The average Bonchev–Trinajstić information content (AvgIpc) is 3.38. The molecule has 1 aromatic heterocycles. The molecule has 1 heterocycles. The van der Waals surface area contributed by atoms with Crippen LogP contribution in [-0.4, -0.2) is 28.5 Å². The molecule has 7 heteroatoms. The van der Waals surface area contributed by atoms with Crippen LogP contribution in [0.4, 0.5) is 0 Å². The van der Waals surface area contributed by atoms with Crippen molar-refractivity contribution in [2.75, 3.05) is 6.26 Å². The zero-order valence-corrected chi connectivity index (χ0v) is 23.0. The topological polar surface area (TPSA) is 55.2 Å². The molecule has 5 nitrogen and oxygen atoms in total. The lowest BCUT2D eigenvalue weighted by Crippen LogP contribution is -2.30. The maximum absolute atomic E-state index is 13.9. The van der Waals surface area contributed by atoms with Crippen LogP contribution in [0.5, 0.6) is 0 Å². The summed E-state index contributed by atoms with van der Waals surface area (Å²) in [6.07, 6.45) is 3.84. The largest absolute Gasteiger partial charge is 0.287 e. The molecular weight excluding hydrogens is 510 g/mol. The summed E-state index contributed by atoms with van der Waals surface area (Å²) < 4.78 is 31.4. The Labute approximate surface area is 228 Å². The van der Waals surface area contributed by atoms with E-state index < -0.39 is 10.0 Å². The van der Waals surface area contributed by atoms with Gasteiger partial charge in [-0.3, -0.25) is 4.57 Å². The molecule has 4 aromatic carbocycles. The first-order valence-electron chi connectivity index (χ1n) is 12.3. The first-order chi connectivity index (χ1) is 18.5. The van der Waals surface area contributed by atoms with Gasteiger partial charge in [0.2, 0.25) is 10.0 Å². The van der Waals surface area contributed by atoms with Crippen molar-refractivity contribution in [1.82, 2.24) is 13.9 Å². The molecule has 0 aliphatic carbocycles. The summed E-state index contributed by atoms with van der Waals surface area (Å²) in [4.78, 5) is 4.87. The maximum Gasteiger partial charge on any atom is 0.243 e. The fourth-order valence-electron chi connectivity index (χ4n) is 4.37. The Morgan fingerprint density at radius 3 is 1.84 bits per heavy atom. The third-order valence-electron chi connectivity index (χ3n) is 6.40. The fraction of sp³-hybridized carbons (Fsp3) is 0.129. The highest BCUT2D eigenvalue weighted by atomic mass is 32.2. The van der Waals surface area contributed by atoms with Gasteiger partial charge in [-0.05, 0) is 48.6 Å². The summed E-state index contributed by atoms with van der Waals surface area (Å²) >= 11 is 1.57. The highest BCUT2D eigenvalue weighted by molar-refractivity contribution is 7.98. The minimum atomic E-state index is -3.76. The number of thioether (sulfide) groups is 1. The quantitative estimate of drug-likeness (QED) is 0.190. The van der Waals surface area contributed by atoms with E-state index in [0.717, 1.165) is 33.2 Å². The zero-order valence-electron chi connectivity index (χ0n) is 21.4. The lowest BCUT2D eigenvalue weighted by Gasteiger charge is -2.23. The summed E-state index contributed by atoms with van der Waals surface area (Å²) in [7, 11) is -3.76. The second kappa shape index (κ2) is 11.4. The summed E-state index contributed by atoms with van der Waals surface area (Å²) in [5, 5.41) is 0.873. The molecule has 5 rings (SSSR count). The molecule has 0 atom stereocenters. The first kappa shape index (κ1) is 26.0. The average molecular weight is 540 g/mol. The molecule has 0 saturated carbocycles. The van der Waals surface area contributed by atoms with Crippen molar-refractivity contribution < 1.29 is 8.42 Å². The van der Waals surface area contributed by atoms with E-state index >= 15 is 0 Å². The van der Waals surface area contributed by atoms with E-state index in [9.17, 15) is 8.42 Å². The standard InChI is InChI=1S/C31H29N3O2S2/c1-24-13-17-28(18-14-24)34-30(21-32-31(34)37-2)27-15-19-29(20-16-27)38(35,36)33(22-25-9-5-3-6-10-25)23-26-11-7-4-8-12-26/h3-21H,22-23H2,1-2H3. The summed E-state index contributed by atoms with van der Waals surface area (Å²) in [6.45, 7) is 2.64.